The Hall–Kier alpha value is -0.900. The molecule has 1 aliphatic heterocycles. The van der Waals surface area contributed by atoms with Crippen LogP contribution >= 0.6 is 11.6 Å². The van der Waals surface area contributed by atoms with Gasteiger partial charge in [0.15, 0.2) is 5.88 Å². The Morgan fingerprint density at radius 2 is 1.90 bits per heavy atom. The number of nitrogens with zero attached hydrogens (tertiary/aromatic N) is 1. The van der Waals surface area contributed by atoms with Crippen LogP contribution in [0.5, 0.6) is 0 Å². The molecule has 0 aromatic heterocycles. The van der Waals surface area contributed by atoms with Gasteiger partial charge in [0.25, 0.3) is 0 Å². The van der Waals surface area contributed by atoms with Crippen molar-refractivity contribution in [1.82, 2.24) is 4.90 Å². The van der Waals surface area contributed by atoms with Gasteiger partial charge in [-0.15, -0.1) is 11.6 Å². The summed E-state index contributed by atoms with van der Waals surface area (Å²) >= 11 is 5.89. The Morgan fingerprint density at radius 1 is 1.33 bits per heavy atom. The molecule has 1 rings (SSSR count). The fourth-order valence-corrected chi connectivity index (χ4v) is 2.99. The van der Waals surface area contributed by atoms with Gasteiger partial charge in [0, 0.05) is 19.0 Å². The number of ether oxygens (including phenoxy) is 2. The summed E-state index contributed by atoms with van der Waals surface area (Å²) in [6.07, 6.45) is 2.12. The normalized spacial score (nSPS) is 18.2. The van der Waals surface area contributed by atoms with Crippen molar-refractivity contribution in [2.75, 3.05) is 25.6 Å². The summed E-state index contributed by atoms with van der Waals surface area (Å²) in [5.41, 5.74) is -0.709. The van der Waals surface area contributed by atoms with Crippen LogP contribution < -0.4 is 0 Å². The number of hydrogen-bond acceptors (Lipinski definition) is 4. The topological polar surface area (TPSA) is 38.8 Å². The van der Waals surface area contributed by atoms with Crippen LogP contribution in [0.25, 0.3) is 0 Å². The van der Waals surface area contributed by atoms with E-state index in [-0.39, 0.29) is 11.6 Å². The highest BCUT2D eigenvalue weighted by Crippen LogP contribution is 2.38. The second kappa shape index (κ2) is 7.39. The van der Waals surface area contributed by atoms with E-state index in [9.17, 15) is 4.79 Å². The van der Waals surface area contributed by atoms with E-state index in [0.717, 1.165) is 25.9 Å². The van der Waals surface area contributed by atoms with Crippen LogP contribution in [0.3, 0.4) is 0 Å². The molecule has 0 aliphatic carbocycles. The predicted molar refractivity (Wildman–Crippen MR) is 85.2 cm³/mol. The largest absolute Gasteiger partial charge is 0.474 e. The summed E-state index contributed by atoms with van der Waals surface area (Å²) in [5.74, 6) is 1.02. The Bertz CT molecular complexity index is 368. The molecule has 122 valence electrons. The zero-order chi connectivity index (χ0) is 16.1. The van der Waals surface area contributed by atoms with E-state index in [1.54, 1.807) is 0 Å². The van der Waals surface area contributed by atoms with Gasteiger partial charge in [0.2, 0.25) is 0 Å². The third kappa shape index (κ3) is 5.10. The molecule has 1 aliphatic rings. The Balaban J connectivity index is 2.66. The third-order valence-corrected chi connectivity index (χ3v) is 3.97. The molecule has 0 bridgehead atoms. The standard InChI is InChI=1S/C16H28ClNO3/c1-6-20-14(19)16(7-10-17)8-11-18(12-9-16)13(2)21-15(3,4)5/h2,6-12H2,1,3-5H3. The van der Waals surface area contributed by atoms with Crippen molar-refractivity contribution in [3.63, 3.8) is 0 Å². The average molecular weight is 318 g/mol. The molecule has 1 heterocycles. The number of halogens is 1. The summed E-state index contributed by atoms with van der Waals surface area (Å²) in [4.78, 5) is 14.4. The quantitative estimate of drug-likeness (QED) is 0.426. The lowest BCUT2D eigenvalue weighted by molar-refractivity contribution is -0.159. The molecular weight excluding hydrogens is 290 g/mol. The van der Waals surface area contributed by atoms with Crippen molar-refractivity contribution in [3.8, 4) is 0 Å². The second-order valence-electron chi connectivity index (χ2n) is 6.54. The average Bonchev–Trinajstić information content (AvgIpc) is 2.38. The lowest BCUT2D eigenvalue weighted by atomic mass is 9.76. The molecule has 5 heteroatoms. The maximum Gasteiger partial charge on any atom is 0.312 e. The van der Waals surface area contributed by atoms with Crippen LogP contribution in [-0.2, 0) is 14.3 Å². The summed E-state index contributed by atoms with van der Waals surface area (Å²) in [7, 11) is 0. The SMILES string of the molecule is C=C(OC(C)(C)C)N1CCC(CCCl)(C(=O)OCC)CC1. The predicted octanol–water partition coefficient (Wildman–Crippen LogP) is 3.55. The van der Waals surface area contributed by atoms with Crippen molar-refractivity contribution < 1.29 is 14.3 Å². The Labute approximate surface area is 133 Å². The van der Waals surface area contributed by atoms with E-state index in [4.69, 9.17) is 21.1 Å². The van der Waals surface area contributed by atoms with Crippen LogP contribution in [0, 0.1) is 5.41 Å². The highest BCUT2D eigenvalue weighted by atomic mass is 35.5. The molecule has 0 saturated carbocycles. The zero-order valence-electron chi connectivity index (χ0n) is 13.7. The Morgan fingerprint density at radius 3 is 2.33 bits per heavy atom. The Kier molecular flexibility index (Phi) is 6.39. The lowest BCUT2D eigenvalue weighted by Gasteiger charge is -2.41. The van der Waals surface area contributed by atoms with Gasteiger partial charge in [-0.25, -0.2) is 0 Å². The van der Waals surface area contributed by atoms with E-state index < -0.39 is 5.41 Å². The molecule has 0 unspecified atom stereocenters. The molecule has 0 atom stereocenters. The van der Waals surface area contributed by atoms with Crippen molar-refractivity contribution >= 4 is 17.6 Å². The molecule has 0 N–H and O–H groups in total. The summed E-state index contributed by atoms with van der Waals surface area (Å²) in [6.45, 7) is 13.7. The summed E-state index contributed by atoms with van der Waals surface area (Å²) in [6, 6.07) is 0. The number of alkyl halides is 1. The smallest absolute Gasteiger partial charge is 0.312 e. The van der Waals surface area contributed by atoms with Crippen molar-refractivity contribution in [3.05, 3.63) is 12.5 Å². The molecule has 21 heavy (non-hydrogen) atoms. The van der Waals surface area contributed by atoms with Crippen molar-refractivity contribution in [1.29, 1.82) is 0 Å². The number of hydrogen-bond donors (Lipinski definition) is 0. The van der Waals surface area contributed by atoms with Crippen LogP contribution in [-0.4, -0.2) is 42.0 Å². The van der Waals surface area contributed by atoms with Gasteiger partial charge in [0.1, 0.15) is 5.60 Å². The molecular formula is C16H28ClNO3. The van der Waals surface area contributed by atoms with E-state index in [0.29, 0.717) is 24.8 Å². The molecule has 0 spiro atoms. The van der Waals surface area contributed by atoms with Gasteiger partial charge >= 0.3 is 5.97 Å². The number of esters is 1. The third-order valence-electron chi connectivity index (χ3n) is 3.78. The first-order valence-corrected chi connectivity index (χ1v) is 8.13. The zero-order valence-corrected chi connectivity index (χ0v) is 14.5. The first-order chi connectivity index (χ1) is 9.74. The highest BCUT2D eigenvalue weighted by molar-refractivity contribution is 6.18. The molecule has 0 aromatic carbocycles. The van der Waals surface area contributed by atoms with Gasteiger partial charge in [-0.05, 0) is 53.5 Å². The van der Waals surface area contributed by atoms with E-state index in [1.807, 2.05) is 27.7 Å². The molecule has 0 amide bonds. The fraction of sp³-hybridized carbons (Fsp3) is 0.812. The van der Waals surface area contributed by atoms with Crippen LogP contribution in [0.4, 0.5) is 0 Å². The van der Waals surface area contributed by atoms with Gasteiger partial charge in [0.05, 0.1) is 12.0 Å². The van der Waals surface area contributed by atoms with E-state index >= 15 is 0 Å². The fourth-order valence-electron chi connectivity index (χ4n) is 2.62. The molecule has 4 nitrogen and oxygen atoms in total. The maximum absolute atomic E-state index is 12.3. The van der Waals surface area contributed by atoms with Gasteiger partial charge in [-0.2, -0.15) is 0 Å². The van der Waals surface area contributed by atoms with E-state index in [1.165, 1.54) is 0 Å². The number of carbonyl (C=O) groups excluding carboxylic acids is 1. The highest BCUT2D eigenvalue weighted by Gasteiger charge is 2.42. The monoisotopic (exact) mass is 317 g/mol. The number of piperidine rings is 1. The minimum Gasteiger partial charge on any atom is -0.474 e. The molecule has 1 fully saturated rings. The summed E-state index contributed by atoms with van der Waals surface area (Å²) < 4.78 is 11.0. The molecule has 1 saturated heterocycles. The number of likely N-dealkylation sites (tertiary alicyclic amines) is 1. The first-order valence-electron chi connectivity index (χ1n) is 7.60. The van der Waals surface area contributed by atoms with Crippen molar-refractivity contribution in [2.45, 2.75) is 52.6 Å². The molecule has 0 aromatic rings. The van der Waals surface area contributed by atoms with Gasteiger partial charge in [-0.3, -0.25) is 4.79 Å². The van der Waals surface area contributed by atoms with Gasteiger partial charge in [-0.1, -0.05) is 0 Å². The lowest BCUT2D eigenvalue weighted by Crippen LogP contribution is -2.45. The second-order valence-corrected chi connectivity index (χ2v) is 6.91. The van der Waals surface area contributed by atoms with Crippen LogP contribution in [0.1, 0.15) is 47.0 Å². The minimum absolute atomic E-state index is 0.118. The molecule has 0 radical (unpaired) electrons. The van der Waals surface area contributed by atoms with E-state index in [2.05, 4.69) is 11.5 Å². The number of rotatable bonds is 6. The minimum atomic E-state index is -0.448. The summed E-state index contributed by atoms with van der Waals surface area (Å²) in [5, 5.41) is 0. The maximum atomic E-state index is 12.3. The van der Waals surface area contributed by atoms with Crippen LogP contribution in [0.2, 0.25) is 0 Å². The first kappa shape index (κ1) is 18.1. The van der Waals surface area contributed by atoms with Crippen molar-refractivity contribution in [2.24, 2.45) is 5.41 Å². The number of carbonyl (C=O) groups is 1. The van der Waals surface area contributed by atoms with Crippen LogP contribution in [0.15, 0.2) is 12.5 Å². The van der Waals surface area contributed by atoms with Gasteiger partial charge < -0.3 is 14.4 Å².